The number of benzene rings is 2. The molecule has 1 saturated carbocycles. The van der Waals surface area contributed by atoms with Crippen molar-refractivity contribution in [2.45, 2.75) is 52.1 Å². The lowest BCUT2D eigenvalue weighted by molar-refractivity contribution is -0.132. The Morgan fingerprint density at radius 1 is 0.917 bits per heavy atom. The van der Waals surface area contributed by atoms with Gasteiger partial charge in [-0.1, -0.05) is 54.6 Å². The number of amides is 2. The number of nitrogens with one attached hydrogen (secondary N) is 1. The molecule has 0 bridgehead atoms. The molecule has 2 amide bonds. The summed E-state index contributed by atoms with van der Waals surface area (Å²) in [6, 6.07) is 22.4. The summed E-state index contributed by atoms with van der Waals surface area (Å²) in [5.74, 6) is 0.0821. The number of pyridine rings is 1. The van der Waals surface area contributed by atoms with Gasteiger partial charge in [-0.2, -0.15) is 0 Å². The standard InChI is InChI=1S/C30H36N4O2/c1-23-9-8-10-24(2)30(23)32-28(35)22-33(27-14-15-27)20-17-29(36)34(21-25-11-4-3-5-12-25)19-16-26-13-6-7-18-31-26/h3-13,18,27H,14-17,19-22H2,1-2H3,(H,32,35). The molecule has 2 aromatic carbocycles. The first kappa shape index (κ1) is 25.6. The molecule has 1 aliphatic carbocycles. The first-order valence-electron chi connectivity index (χ1n) is 12.8. The number of hydrogen-bond donors (Lipinski definition) is 1. The summed E-state index contributed by atoms with van der Waals surface area (Å²) in [5.41, 5.74) is 5.09. The van der Waals surface area contributed by atoms with Gasteiger partial charge in [-0.05, 0) is 55.5 Å². The van der Waals surface area contributed by atoms with E-state index in [1.807, 2.05) is 73.3 Å². The van der Waals surface area contributed by atoms with E-state index in [0.717, 1.165) is 40.9 Å². The Morgan fingerprint density at radius 3 is 2.31 bits per heavy atom. The maximum absolute atomic E-state index is 13.4. The van der Waals surface area contributed by atoms with Gasteiger partial charge in [0.2, 0.25) is 11.8 Å². The Labute approximate surface area is 214 Å². The Kier molecular flexibility index (Phi) is 8.85. The van der Waals surface area contributed by atoms with E-state index in [0.29, 0.717) is 45.1 Å². The van der Waals surface area contributed by atoms with Crippen LogP contribution in [0.1, 0.15) is 41.6 Å². The van der Waals surface area contributed by atoms with Crippen LogP contribution in [0.4, 0.5) is 5.69 Å². The van der Waals surface area contributed by atoms with Crippen LogP contribution in [0.3, 0.4) is 0 Å². The highest BCUT2D eigenvalue weighted by atomic mass is 16.2. The topological polar surface area (TPSA) is 65.5 Å². The predicted octanol–water partition coefficient (Wildman–Crippen LogP) is 4.76. The molecule has 0 spiro atoms. The lowest BCUT2D eigenvalue weighted by Gasteiger charge is -2.26. The molecule has 1 aromatic heterocycles. The van der Waals surface area contributed by atoms with Crippen LogP contribution in [0.15, 0.2) is 72.9 Å². The number of aromatic nitrogens is 1. The number of para-hydroxylation sites is 1. The van der Waals surface area contributed by atoms with Crippen LogP contribution < -0.4 is 5.32 Å². The SMILES string of the molecule is Cc1cccc(C)c1NC(=O)CN(CCC(=O)N(CCc1ccccn1)Cc1ccccc1)C1CC1. The van der Waals surface area contributed by atoms with E-state index in [9.17, 15) is 9.59 Å². The van der Waals surface area contributed by atoms with Gasteiger partial charge in [0.1, 0.15) is 0 Å². The molecule has 0 unspecified atom stereocenters. The molecule has 1 aliphatic rings. The maximum Gasteiger partial charge on any atom is 0.238 e. The predicted molar refractivity (Wildman–Crippen MR) is 144 cm³/mol. The van der Waals surface area contributed by atoms with Crippen LogP contribution in [0.2, 0.25) is 0 Å². The zero-order valence-corrected chi connectivity index (χ0v) is 21.3. The van der Waals surface area contributed by atoms with Crippen molar-refractivity contribution in [3.63, 3.8) is 0 Å². The minimum Gasteiger partial charge on any atom is -0.338 e. The number of rotatable bonds is 12. The van der Waals surface area contributed by atoms with E-state index in [-0.39, 0.29) is 11.8 Å². The fourth-order valence-corrected chi connectivity index (χ4v) is 4.49. The highest BCUT2D eigenvalue weighted by Gasteiger charge is 2.31. The van der Waals surface area contributed by atoms with Crippen LogP contribution in [0.5, 0.6) is 0 Å². The van der Waals surface area contributed by atoms with Crippen LogP contribution >= 0.6 is 0 Å². The first-order valence-corrected chi connectivity index (χ1v) is 12.8. The van der Waals surface area contributed by atoms with E-state index < -0.39 is 0 Å². The van der Waals surface area contributed by atoms with Gasteiger partial charge in [-0.25, -0.2) is 0 Å². The molecule has 1 N–H and O–H groups in total. The summed E-state index contributed by atoms with van der Waals surface area (Å²) in [4.78, 5) is 34.7. The molecular formula is C30H36N4O2. The second-order valence-electron chi connectivity index (χ2n) is 9.64. The minimum absolute atomic E-state index is 0.0250. The summed E-state index contributed by atoms with van der Waals surface area (Å²) < 4.78 is 0. The summed E-state index contributed by atoms with van der Waals surface area (Å²) in [6.07, 6.45) is 5.05. The van der Waals surface area contributed by atoms with Gasteiger partial charge in [-0.3, -0.25) is 19.5 Å². The smallest absolute Gasteiger partial charge is 0.238 e. The molecular weight excluding hydrogens is 448 g/mol. The molecule has 0 saturated heterocycles. The third kappa shape index (κ3) is 7.49. The Bertz CT molecular complexity index is 1130. The third-order valence-corrected chi connectivity index (χ3v) is 6.70. The number of anilines is 1. The number of carbonyl (C=O) groups excluding carboxylic acids is 2. The van der Waals surface area contributed by atoms with Crippen molar-refractivity contribution in [1.29, 1.82) is 0 Å². The zero-order valence-electron chi connectivity index (χ0n) is 21.3. The van der Waals surface area contributed by atoms with Gasteiger partial charge >= 0.3 is 0 Å². The molecule has 3 aromatic rings. The van der Waals surface area contributed by atoms with Gasteiger partial charge < -0.3 is 10.2 Å². The molecule has 188 valence electrons. The number of carbonyl (C=O) groups is 2. The van der Waals surface area contributed by atoms with Crippen molar-refractivity contribution < 1.29 is 9.59 Å². The summed E-state index contributed by atoms with van der Waals surface area (Å²) in [7, 11) is 0. The summed E-state index contributed by atoms with van der Waals surface area (Å²) in [6.45, 7) is 6.08. The van der Waals surface area contributed by atoms with E-state index in [1.165, 1.54) is 0 Å². The van der Waals surface area contributed by atoms with Crippen LogP contribution in [0, 0.1) is 13.8 Å². The summed E-state index contributed by atoms with van der Waals surface area (Å²) >= 11 is 0. The molecule has 0 radical (unpaired) electrons. The molecule has 4 rings (SSSR count). The fraction of sp³-hybridized carbons (Fsp3) is 0.367. The van der Waals surface area contributed by atoms with E-state index in [4.69, 9.17) is 0 Å². The van der Waals surface area contributed by atoms with Gasteiger partial charge in [0.05, 0.1) is 6.54 Å². The summed E-state index contributed by atoms with van der Waals surface area (Å²) in [5, 5.41) is 3.09. The van der Waals surface area contributed by atoms with E-state index in [2.05, 4.69) is 27.3 Å². The van der Waals surface area contributed by atoms with Crippen molar-refractivity contribution in [3.8, 4) is 0 Å². The lowest BCUT2D eigenvalue weighted by atomic mass is 10.1. The van der Waals surface area contributed by atoms with E-state index in [1.54, 1.807) is 6.20 Å². The normalized spacial score (nSPS) is 13.0. The van der Waals surface area contributed by atoms with Crippen molar-refractivity contribution in [1.82, 2.24) is 14.8 Å². The van der Waals surface area contributed by atoms with Crippen LogP contribution in [0.25, 0.3) is 0 Å². The highest BCUT2D eigenvalue weighted by molar-refractivity contribution is 5.93. The van der Waals surface area contributed by atoms with Gasteiger partial charge in [0.25, 0.3) is 0 Å². The van der Waals surface area contributed by atoms with Gasteiger partial charge in [0.15, 0.2) is 0 Å². The molecule has 0 atom stereocenters. The Morgan fingerprint density at radius 2 is 1.64 bits per heavy atom. The monoisotopic (exact) mass is 484 g/mol. The molecule has 1 fully saturated rings. The molecule has 6 nitrogen and oxygen atoms in total. The van der Waals surface area contributed by atoms with Gasteiger partial charge in [-0.15, -0.1) is 0 Å². The number of aryl methyl sites for hydroxylation is 2. The van der Waals surface area contributed by atoms with Crippen LogP contribution in [-0.4, -0.2) is 52.3 Å². The van der Waals surface area contributed by atoms with Crippen molar-refractivity contribution in [2.24, 2.45) is 0 Å². The van der Waals surface area contributed by atoms with Crippen molar-refractivity contribution in [2.75, 3.05) is 25.0 Å². The largest absolute Gasteiger partial charge is 0.338 e. The molecule has 0 aliphatic heterocycles. The first-order chi connectivity index (χ1) is 17.5. The van der Waals surface area contributed by atoms with Crippen molar-refractivity contribution >= 4 is 17.5 Å². The third-order valence-electron chi connectivity index (χ3n) is 6.70. The van der Waals surface area contributed by atoms with Crippen molar-refractivity contribution in [3.05, 3.63) is 95.3 Å². The minimum atomic E-state index is -0.0250. The zero-order chi connectivity index (χ0) is 25.3. The highest BCUT2D eigenvalue weighted by Crippen LogP contribution is 2.27. The molecule has 36 heavy (non-hydrogen) atoms. The second kappa shape index (κ2) is 12.5. The Balaban J connectivity index is 1.36. The van der Waals surface area contributed by atoms with Gasteiger partial charge in [0, 0.05) is 56.1 Å². The maximum atomic E-state index is 13.4. The molecule has 6 heteroatoms. The second-order valence-corrected chi connectivity index (χ2v) is 9.64. The number of hydrogen-bond acceptors (Lipinski definition) is 4. The average molecular weight is 485 g/mol. The quantitative estimate of drug-likeness (QED) is 0.402. The average Bonchev–Trinajstić information content (AvgIpc) is 3.73. The van der Waals surface area contributed by atoms with Crippen LogP contribution in [-0.2, 0) is 22.6 Å². The molecule has 1 heterocycles. The lowest BCUT2D eigenvalue weighted by Crippen LogP contribution is -2.39. The van der Waals surface area contributed by atoms with E-state index >= 15 is 0 Å². The number of nitrogens with zero attached hydrogens (tertiary/aromatic N) is 3. The fourth-order valence-electron chi connectivity index (χ4n) is 4.49. The Hall–Kier alpha value is -3.51.